The first-order valence-corrected chi connectivity index (χ1v) is 10.6. The first-order chi connectivity index (χ1) is 14.2. The summed E-state index contributed by atoms with van der Waals surface area (Å²) in [5.74, 6) is 0. The van der Waals surface area contributed by atoms with E-state index in [2.05, 4.69) is 64.8 Å². The number of halogens is 2. The third kappa shape index (κ3) is 5.31. The normalized spacial score (nSPS) is 17.2. The van der Waals surface area contributed by atoms with Gasteiger partial charge in [0.2, 0.25) is 0 Å². The lowest BCUT2D eigenvalue weighted by Gasteiger charge is -2.33. The van der Waals surface area contributed by atoms with Gasteiger partial charge in [-0.3, -0.25) is 4.90 Å². The minimum Gasteiger partial charge on any atom is -0.381 e. The van der Waals surface area contributed by atoms with E-state index in [0.29, 0.717) is 16.6 Å². The molecule has 4 rings (SSSR count). The van der Waals surface area contributed by atoms with Crippen LogP contribution in [0.1, 0.15) is 22.8 Å². The molecular weight excluding hydrogens is 403 g/mol. The lowest BCUT2D eigenvalue weighted by atomic mass is 10.1. The maximum absolute atomic E-state index is 6.25. The van der Waals surface area contributed by atoms with Crippen molar-refractivity contribution in [3.8, 4) is 0 Å². The van der Waals surface area contributed by atoms with Gasteiger partial charge in [0.15, 0.2) is 0 Å². The Morgan fingerprint density at radius 2 is 1.62 bits per heavy atom. The highest BCUT2D eigenvalue weighted by molar-refractivity contribution is 6.36. The average Bonchev–Trinajstić information content (AvgIpc) is 2.75. The molecule has 1 aliphatic rings. The number of hydrogen-bond donors (Lipinski definition) is 1. The summed E-state index contributed by atoms with van der Waals surface area (Å²) in [6.07, 6.45) is 0.0968. The Labute approximate surface area is 182 Å². The van der Waals surface area contributed by atoms with Gasteiger partial charge in [-0.2, -0.15) is 0 Å². The Bertz CT molecular complexity index is 911. The number of nitrogens with zero attached hydrogens (tertiary/aromatic N) is 1. The molecule has 0 bridgehead atoms. The maximum atomic E-state index is 6.25. The zero-order valence-electron chi connectivity index (χ0n) is 16.2. The topological polar surface area (TPSA) is 24.5 Å². The highest BCUT2D eigenvalue weighted by Crippen LogP contribution is 2.27. The minimum absolute atomic E-state index is 0.0968. The summed E-state index contributed by atoms with van der Waals surface area (Å²) in [7, 11) is 0. The van der Waals surface area contributed by atoms with Gasteiger partial charge in [0.25, 0.3) is 0 Å². The molecule has 1 aliphatic heterocycles. The zero-order chi connectivity index (χ0) is 20.1. The predicted molar refractivity (Wildman–Crippen MR) is 121 cm³/mol. The van der Waals surface area contributed by atoms with Crippen molar-refractivity contribution in [1.82, 2.24) is 4.90 Å². The highest BCUT2D eigenvalue weighted by Gasteiger charge is 2.22. The van der Waals surface area contributed by atoms with E-state index in [1.165, 1.54) is 11.1 Å². The SMILES string of the molecule is Clc1cccc(Cl)c1CNc1ccc(C2CN(Cc3ccccc3)CCO2)cc1. The lowest BCUT2D eigenvalue weighted by Crippen LogP contribution is -2.37. The van der Waals surface area contributed by atoms with Crippen molar-refractivity contribution in [3.63, 3.8) is 0 Å². The monoisotopic (exact) mass is 426 g/mol. The summed E-state index contributed by atoms with van der Waals surface area (Å²) in [5, 5.41) is 4.75. The fourth-order valence-corrected chi connectivity index (χ4v) is 4.13. The first kappa shape index (κ1) is 20.2. The molecule has 3 aromatic rings. The molecule has 1 N–H and O–H groups in total. The van der Waals surface area contributed by atoms with Gasteiger partial charge < -0.3 is 10.1 Å². The summed E-state index contributed by atoms with van der Waals surface area (Å²) in [6.45, 7) is 4.16. The second-order valence-corrected chi connectivity index (χ2v) is 8.07. The van der Waals surface area contributed by atoms with Crippen molar-refractivity contribution in [3.05, 3.63) is 99.5 Å². The number of ether oxygens (including phenoxy) is 1. The molecule has 1 heterocycles. The molecule has 29 heavy (non-hydrogen) atoms. The van der Waals surface area contributed by atoms with Crippen LogP contribution in [0, 0.1) is 0 Å². The zero-order valence-corrected chi connectivity index (χ0v) is 17.7. The Hall–Kier alpha value is -2.04. The van der Waals surface area contributed by atoms with Crippen molar-refractivity contribution < 1.29 is 4.74 Å². The Morgan fingerprint density at radius 3 is 2.34 bits per heavy atom. The summed E-state index contributed by atoms with van der Waals surface area (Å²) in [5.41, 5.74) is 4.48. The summed E-state index contributed by atoms with van der Waals surface area (Å²) < 4.78 is 6.04. The molecule has 1 unspecified atom stereocenters. The van der Waals surface area contributed by atoms with E-state index in [4.69, 9.17) is 27.9 Å². The van der Waals surface area contributed by atoms with Crippen LogP contribution in [-0.2, 0) is 17.8 Å². The molecule has 0 spiro atoms. The van der Waals surface area contributed by atoms with Crippen molar-refractivity contribution in [2.45, 2.75) is 19.2 Å². The summed E-state index contributed by atoms with van der Waals surface area (Å²) in [4.78, 5) is 2.45. The predicted octanol–water partition coefficient (Wildman–Crippen LogP) is 6.18. The molecule has 0 aromatic heterocycles. The van der Waals surface area contributed by atoms with E-state index in [-0.39, 0.29) is 6.10 Å². The fraction of sp³-hybridized carbons (Fsp3) is 0.250. The molecule has 3 aromatic carbocycles. The molecular formula is C24H24Cl2N2O. The number of hydrogen-bond acceptors (Lipinski definition) is 3. The third-order valence-corrected chi connectivity index (χ3v) is 5.92. The number of rotatable bonds is 6. The van der Waals surface area contributed by atoms with E-state index in [9.17, 15) is 0 Å². The van der Waals surface area contributed by atoms with Crippen LogP contribution in [0.2, 0.25) is 10.0 Å². The van der Waals surface area contributed by atoms with Gasteiger partial charge in [0.05, 0.1) is 12.7 Å². The van der Waals surface area contributed by atoms with Crippen LogP contribution in [0.5, 0.6) is 0 Å². The highest BCUT2D eigenvalue weighted by atomic mass is 35.5. The van der Waals surface area contributed by atoms with Gasteiger partial charge in [0.1, 0.15) is 0 Å². The molecule has 1 atom stereocenters. The van der Waals surface area contributed by atoms with Gasteiger partial charge in [-0.1, -0.05) is 71.7 Å². The number of benzene rings is 3. The Morgan fingerprint density at radius 1 is 0.897 bits per heavy atom. The van der Waals surface area contributed by atoms with Crippen LogP contribution >= 0.6 is 23.2 Å². The van der Waals surface area contributed by atoms with Crippen LogP contribution in [0.4, 0.5) is 5.69 Å². The molecule has 3 nitrogen and oxygen atoms in total. The van der Waals surface area contributed by atoms with Gasteiger partial charge in [-0.05, 0) is 35.4 Å². The molecule has 150 valence electrons. The Balaban J connectivity index is 1.36. The van der Waals surface area contributed by atoms with Gasteiger partial charge in [-0.15, -0.1) is 0 Å². The average molecular weight is 427 g/mol. The molecule has 0 radical (unpaired) electrons. The van der Waals surface area contributed by atoms with Gasteiger partial charge >= 0.3 is 0 Å². The quantitative estimate of drug-likeness (QED) is 0.509. The number of nitrogens with one attached hydrogen (secondary N) is 1. The second kappa shape index (κ2) is 9.64. The van der Waals surface area contributed by atoms with E-state index >= 15 is 0 Å². The van der Waals surface area contributed by atoms with E-state index in [1.54, 1.807) is 0 Å². The van der Waals surface area contributed by atoms with Crippen LogP contribution < -0.4 is 5.32 Å². The minimum atomic E-state index is 0.0968. The van der Waals surface area contributed by atoms with Gasteiger partial charge in [0, 0.05) is 47.5 Å². The van der Waals surface area contributed by atoms with E-state index in [1.807, 2.05) is 18.2 Å². The molecule has 0 amide bonds. The Kier molecular flexibility index (Phi) is 6.73. The van der Waals surface area contributed by atoms with Crippen molar-refractivity contribution in [2.24, 2.45) is 0 Å². The first-order valence-electron chi connectivity index (χ1n) is 9.83. The van der Waals surface area contributed by atoms with Crippen molar-refractivity contribution >= 4 is 28.9 Å². The number of anilines is 1. The third-order valence-electron chi connectivity index (χ3n) is 5.21. The molecule has 0 aliphatic carbocycles. The molecule has 0 saturated carbocycles. The van der Waals surface area contributed by atoms with E-state index in [0.717, 1.165) is 37.5 Å². The lowest BCUT2D eigenvalue weighted by molar-refractivity contribution is -0.0329. The standard InChI is InChI=1S/C24H24Cl2N2O/c25-22-7-4-8-23(26)21(22)15-27-20-11-9-19(10-12-20)24-17-28(13-14-29-24)16-18-5-2-1-3-6-18/h1-12,24,27H,13-17H2. The molecule has 1 fully saturated rings. The summed E-state index contributed by atoms with van der Waals surface area (Å²) >= 11 is 12.5. The van der Waals surface area contributed by atoms with Crippen LogP contribution in [-0.4, -0.2) is 24.6 Å². The van der Waals surface area contributed by atoms with Crippen molar-refractivity contribution in [1.29, 1.82) is 0 Å². The molecule has 1 saturated heterocycles. The second-order valence-electron chi connectivity index (χ2n) is 7.26. The van der Waals surface area contributed by atoms with Crippen LogP contribution in [0.25, 0.3) is 0 Å². The fourth-order valence-electron chi connectivity index (χ4n) is 3.60. The van der Waals surface area contributed by atoms with Crippen LogP contribution in [0.3, 0.4) is 0 Å². The smallest absolute Gasteiger partial charge is 0.0952 e. The van der Waals surface area contributed by atoms with Crippen LogP contribution in [0.15, 0.2) is 72.8 Å². The van der Waals surface area contributed by atoms with E-state index < -0.39 is 0 Å². The van der Waals surface area contributed by atoms with Crippen molar-refractivity contribution in [2.75, 3.05) is 25.0 Å². The number of morpholine rings is 1. The van der Waals surface area contributed by atoms with Gasteiger partial charge in [-0.25, -0.2) is 0 Å². The summed E-state index contributed by atoms with van der Waals surface area (Å²) in [6, 6.07) is 24.6. The largest absolute Gasteiger partial charge is 0.381 e. The molecule has 5 heteroatoms. The maximum Gasteiger partial charge on any atom is 0.0952 e.